The SMILES string of the molecule is CC(C)C(SCc1ccccc1)C(=O)N1CCCC1. The fourth-order valence-electron chi connectivity index (χ4n) is 2.43. The highest BCUT2D eigenvalue weighted by molar-refractivity contribution is 7.99. The average Bonchev–Trinajstić information content (AvgIpc) is 2.93. The first-order valence-corrected chi connectivity index (χ1v) is 8.17. The molecule has 0 spiro atoms. The lowest BCUT2D eigenvalue weighted by molar-refractivity contribution is -0.130. The van der Waals surface area contributed by atoms with Gasteiger partial charge < -0.3 is 4.90 Å². The topological polar surface area (TPSA) is 20.3 Å². The lowest BCUT2D eigenvalue weighted by Gasteiger charge is -2.25. The number of rotatable bonds is 5. The van der Waals surface area contributed by atoms with Crippen LogP contribution in [-0.2, 0) is 10.5 Å². The lowest BCUT2D eigenvalue weighted by Crippen LogP contribution is -2.38. The van der Waals surface area contributed by atoms with Crippen LogP contribution in [0.1, 0.15) is 32.3 Å². The maximum atomic E-state index is 12.5. The second kappa shape index (κ2) is 6.99. The Morgan fingerprint density at radius 2 is 1.84 bits per heavy atom. The zero-order valence-electron chi connectivity index (χ0n) is 11.8. The lowest BCUT2D eigenvalue weighted by atomic mass is 10.1. The van der Waals surface area contributed by atoms with Gasteiger partial charge in [0.05, 0.1) is 5.25 Å². The third-order valence-corrected chi connectivity index (χ3v) is 5.14. The molecule has 1 unspecified atom stereocenters. The van der Waals surface area contributed by atoms with Crippen molar-refractivity contribution in [3.8, 4) is 0 Å². The molecule has 2 rings (SSSR count). The van der Waals surface area contributed by atoms with E-state index >= 15 is 0 Å². The zero-order valence-corrected chi connectivity index (χ0v) is 12.7. The summed E-state index contributed by atoms with van der Waals surface area (Å²) in [6, 6.07) is 10.4. The Morgan fingerprint density at radius 3 is 2.42 bits per heavy atom. The summed E-state index contributed by atoms with van der Waals surface area (Å²) in [7, 11) is 0. The van der Waals surface area contributed by atoms with Crippen LogP contribution in [0.5, 0.6) is 0 Å². The monoisotopic (exact) mass is 277 g/mol. The highest BCUT2D eigenvalue weighted by Gasteiger charge is 2.28. The molecule has 1 aliphatic heterocycles. The van der Waals surface area contributed by atoms with Crippen LogP contribution in [0.3, 0.4) is 0 Å². The zero-order chi connectivity index (χ0) is 13.7. The number of amides is 1. The van der Waals surface area contributed by atoms with Gasteiger partial charge in [0.1, 0.15) is 0 Å². The highest BCUT2D eigenvalue weighted by Crippen LogP contribution is 2.26. The van der Waals surface area contributed by atoms with Crippen LogP contribution in [0.15, 0.2) is 30.3 Å². The van der Waals surface area contributed by atoms with Crippen molar-refractivity contribution in [2.45, 2.75) is 37.7 Å². The predicted molar refractivity (Wildman–Crippen MR) is 82.2 cm³/mol. The molecule has 0 aliphatic carbocycles. The van der Waals surface area contributed by atoms with Gasteiger partial charge in [-0.1, -0.05) is 44.2 Å². The van der Waals surface area contributed by atoms with Crippen LogP contribution < -0.4 is 0 Å². The number of hydrogen-bond acceptors (Lipinski definition) is 2. The summed E-state index contributed by atoms with van der Waals surface area (Å²) in [5.41, 5.74) is 1.30. The van der Waals surface area contributed by atoms with Gasteiger partial charge in [-0.2, -0.15) is 0 Å². The van der Waals surface area contributed by atoms with E-state index in [1.54, 1.807) is 11.8 Å². The summed E-state index contributed by atoms with van der Waals surface area (Å²) in [5.74, 6) is 1.65. The smallest absolute Gasteiger partial charge is 0.235 e. The summed E-state index contributed by atoms with van der Waals surface area (Å²) in [4.78, 5) is 14.6. The van der Waals surface area contributed by atoms with E-state index in [1.165, 1.54) is 18.4 Å². The van der Waals surface area contributed by atoms with Gasteiger partial charge in [-0.3, -0.25) is 4.79 Å². The molecule has 1 atom stereocenters. The molecule has 2 nitrogen and oxygen atoms in total. The standard InChI is InChI=1S/C16H23NOS/c1-13(2)15(16(18)17-10-6-7-11-17)19-12-14-8-4-3-5-9-14/h3-5,8-9,13,15H,6-7,10-12H2,1-2H3. The van der Waals surface area contributed by atoms with Crippen LogP contribution >= 0.6 is 11.8 Å². The fourth-order valence-corrected chi connectivity index (χ4v) is 3.67. The first kappa shape index (κ1) is 14.4. The number of carbonyl (C=O) groups is 1. The minimum atomic E-state index is 0.0957. The molecule has 104 valence electrons. The van der Waals surface area contributed by atoms with Crippen LogP contribution in [0.25, 0.3) is 0 Å². The molecule has 1 aromatic carbocycles. The molecule has 0 bridgehead atoms. The van der Waals surface area contributed by atoms with Crippen LogP contribution in [-0.4, -0.2) is 29.1 Å². The summed E-state index contributed by atoms with van der Waals surface area (Å²) >= 11 is 1.79. The number of nitrogens with zero attached hydrogens (tertiary/aromatic N) is 1. The van der Waals surface area contributed by atoms with Gasteiger partial charge in [-0.15, -0.1) is 11.8 Å². The molecule has 1 amide bonds. The van der Waals surface area contributed by atoms with Crippen molar-refractivity contribution in [1.29, 1.82) is 0 Å². The summed E-state index contributed by atoms with van der Waals surface area (Å²) in [6.07, 6.45) is 2.33. The Bertz CT molecular complexity index is 398. The summed E-state index contributed by atoms with van der Waals surface area (Å²) in [6.45, 7) is 6.20. The number of benzene rings is 1. The van der Waals surface area contributed by atoms with Gasteiger partial charge in [0, 0.05) is 18.8 Å². The van der Waals surface area contributed by atoms with Gasteiger partial charge in [-0.05, 0) is 24.3 Å². The van der Waals surface area contributed by atoms with Gasteiger partial charge in [-0.25, -0.2) is 0 Å². The van der Waals surface area contributed by atoms with Crippen LogP contribution in [0.2, 0.25) is 0 Å². The maximum Gasteiger partial charge on any atom is 0.235 e. The quantitative estimate of drug-likeness (QED) is 0.820. The predicted octanol–water partition coefficient (Wildman–Crippen LogP) is 3.57. The third kappa shape index (κ3) is 4.00. The number of likely N-dealkylation sites (tertiary alicyclic amines) is 1. The van der Waals surface area contributed by atoms with Gasteiger partial charge in [0.15, 0.2) is 0 Å². The van der Waals surface area contributed by atoms with E-state index in [-0.39, 0.29) is 5.25 Å². The van der Waals surface area contributed by atoms with Crippen molar-refractivity contribution >= 4 is 17.7 Å². The molecule has 19 heavy (non-hydrogen) atoms. The first-order valence-electron chi connectivity index (χ1n) is 7.13. The Labute approximate surface area is 120 Å². The molecule has 1 saturated heterocycles. The van der Waals surface area contributed by atoms with Crippen LogP contribution in [0, 0.1) is 5.92 Å². The Balaban J connectivity index is 1.94. The van der Waals surface area contributed by atoms with Crippen molar-refractivity contribution in [3.05, 3.63) is 35.9 Å². The molecule has 1 aromatic rings. The molecule has 0 aromatic heterocycles. The molecular formula is C16H23NOS. The number of hydrogen-bond donors (Lipinski definition) is 0. The van der Waals surface area contributed by atoms with E-state index < -0.39 is 0 Å². The maximum absolute atomic E-state index is 12.5. The fraction of sp³-hybridized carbons (Fsp3) is 0.562. The second-order valence-corrected chi connectivity index (χ2v) is 6.62. The summed E-state index contributed by atoms with van der Waals surface area (Å²) < 4.78 is 0. The van der Waals surface area contributed by atoms with Crippen LogP contribution in [0.4, 0.5) is 0 Å². The van der Waals surface area contributed by atoms with E-state index in [0.29, 0.717) is 11.8 Å². The van der Waals surface area contributed by atoms with E-state index in [9.17, 15) is 4.79 Å². The first-order chi connectivity index (χ1) is 9.18. The van der Waals surface area contributed by atoms with E-state index in [1.807, 2.05) is 11.0 Å². The normalized spacial score (nSPS) is 16.9. The number of thioether (sulfide) groups is 1. The largest absolute Gasteiger partial charge is 0.342 e. The molecule has 0 saturated carbocycles. The van der Waals surface area contributed by atoms with E-state index in [2.05, 4.69) is 38.1 Å². The number of carbonyl (C=O) groups excluding carboxylic acids is 1. The Morgan fingerprint density at radius 1 is 1.21 bits per heavy atom. The summed E-state index contributed by atoms with van der Waals surface area (Å²) in [5, 5.41) is 0.0957. The molecule has 1 fully saturated rings. The molecular weight excluding hydrogens is 254 g/mol. The Hall–Kier alpha value is -0.960. The van der Waals surface area contributed by atoms with Crippen molar-refractivity contribution in [2.75, 3.05) is 13.1 Å². The molecule has 0 N–H and O–H groups in total. The van der Waals surface area contributed by atoms with E-state index in [4.69, 9.17) is 0 Å². The van der Waals surface area contributed by atoms with Gasteiger partial charge >= 0.3 is 0 Å². The molecule has 1 heterocycles. The average molecular weight is 277 g/mol. The molecule has 0 radical (unpaired) electrons. The van der Waals surface area contributed by atoms with Gasteiger partial charge in [0.2, 0.25) is 5.91 Å². The second-order valence-electron chi connectivity index (χ2n) is 5.49. The molecule has 3 heteroatoms. The Kier molecular flexibility index (Phi) is 5.32. The van der Waals surface area contributed by atoms with Crippen molar-refractivity contribution < 1.29 is 4.79 Å². The van der Waals surface area contributed by atoms with E-state index in [0.717, 1.165) is 18.8 Å². The van der Waals surface area contributed by atoms with Crippen molar-refractivity contribution in [1.82, 2.24) is 4.90 Å². The van der Waals surface area contributed by atoms with Crippen molar-refractivity contribution in [2.24, 2.45) is 5.92 Å². The minimum Gasteiger partial charge on any atom is -0.342 e. The van der Waals surface area contributed by atoms with Gasteiger partial charge in [0.25, 0.3) is 0 Å². The third-order valence-electron chi connectivity index (χ3n) is 3.54. The highest BCUT2D eigenvalue weighted by atomic mass is 32.2. The van der Waals surface area contributed by atoms with Crippen molar-refractivity contribution in [3.63, 3.8) is 0 Å². The molecule has 1 aliphatic rings. The minimum absolute atomic E-state index is 0.0957.